The molecule has 72 valence electrons. The number of hydrogen-bond donors (Lipinski definition) is 3. The summed E-state index contributed by atoms with van der Waals surface area (Å²) in [6.45, 7) is 0. The molecule has 0 aliphatic carbocycles. The summed E-state index contributed by atoms with van der Waals surface area (Å²) < 4.78 is 0. The van der Waals surface area contributed by atoms with Gasteiger partial charge in [-0.2, -0.15) is 5.10 Å². The predicted octanol–water partition coefficient (Wildman–Crippen LogP) is 1.06. The summed E-state index contributed by atoms with van der Waals surface area (Å²) in [6, 6.07) is 11.1. The van der Waals surface area contributed by atoms with Crippen molar-refractivity contribution in [3.63, 3.8) is 0 Å². The number of aliphatic hydroxyl groups is 2. The minimum absolute atomic E-state index is 0.295. The fourth-order valence-electron chi connectivity index (χ4n) is 1.23. The Morgan fingerprint density at radius 3 is 2.43 bits per heavy atom. The molecule has 0 bridgehead atoms. The molecule has 0 unspecified atom stereocenters. The van der Waals surface area contributed by atoms with Gasteiger partial charge in [-0.3, -0.25) is 5.10 Å². The Balaban J connectivity index is 2.34. The van der Waals surface area contributed by atoms with Crippen LogP contribution in [0.25, 0.3) is 11.3 Å². The second-order valence-corrected chi connectivity index (χ2v) is 2.95. The van der Waals surface area contributed by atoms with Crippen LogP contribution < -0.4 is 0 Å². The highest BCUT2D eigenvalue weighted by Gasteiger charge is 2.07. The highest BCUT2D eigenvalue weighted by atomic mass is 16.5. The van der Waals surface area contributed by atoms with Gasteiger partial charge in [0.1, 0.15) is 0 Å². The molecule has 1 heterocycles. The van der Waals surface area contributed by atoms with Gasteiger partial charge < -0.3 is 10.2 Å². The summed E-state index contributed by atoms with van der Waals surface area (Å²) in [5.41, 5.74) is 1.94. The van der Waals surface area contributed by atoms with E-state index < -0.39 is 6.29 Å². The maximum absolute atomic E-state index is 8.87. The monoisotopic (exact) mass is 190 g/mol. The number of aliphatic hydroxyl groups excluding tert-OH is 1. The van der Waals surface area contributed by atoms with Gasteiger partial charge in [0.05, 0.1) is 11.4 Å². The smallest absolute Gasteiger partial charge is 0.195 e. The molecule has 0 spiro atoms. The third-order valence-electron chi connectivity index (χ3n) is 1.95. The lowest BCUT2D eigenvalue weighted by Crippen LogP contribution is -1.93. The van der Waals surface area contributed by atoms with E-state index in [1.54, 1.807) is 6.07 Å². The van der Waals surface area contributed by atoms with E-state index in [2.05, 4.69) is 10.2 Å². The Hall–Kier alpha value is -1.65. The Morgan fingerprint density at radius 1 is 1.14 bits per heavy atom. The lowest BCUT2D eigenvalue weighted by atomic mass is 10.1. The molecule has 0 amide bonds. The molecule has 2 aromatic rings. The number of nitrogens with zero attached hydrogens (tertiary/aromatic N) is 1. The van der Waals surface area contributed by atoms with Crippen LogP contribution >= 0.6 is 0 Å². The quantitative estimate of drug-likeness (QED) is 0.620. The number of H-pyrrole nitrogens is 1. The molecule has 0 saturated heterocycles. The number of aromatic amines is 1. The zero-order valence-corrected chi connectivity index (χ0v) is 7.38. The number of rotatable bonds is 2. The average Bonchev–Trinajstić information content (AvgIpc) is 2.68. The normalized spacial score (nSPS) is 10.8. The highest BCUT2D eigenvalue weighted by Crippen LogP contribution is 2.18. The van der Waals surface area contributed by atoms with Crippen molar-refractivity contribution in [1.82, 2.24) is 10.2 Å². The molecule has 0 saturated carbocycles. The first-order valence-corrected chi connectivity index (χ1v) is 4.24. The Labute approximate surface area is 80.8 Å². The molecule has 0 aliphatic rings. The Bertz CT molecular complexity index is 409. The van der Waals surface area contributed by atoms with Crippen molar-refractivity contribution >= 4 is 0 Å². The predicted molar refractivity (Wildman–Crippen MR) is 51.2 cm³/mol. The summed E-state index contributed by atoms with van der Waals surface area (Å²) in [6.07, 6.45) is -1.50. The maximum atomic E-state index is 8.87. The number of nitrogens with one attached hydrogen (secondary N) is 1. The van der Waals surface area contributed by atoms with E-state index in [4.69, 9.17) is 10.2 Å². The fourth-order valence-corrected chi connectivity index (χ4v) is 1.23. The van der Waals surface area contributed by atoms with Crippen LogP contribution in [0.4, 0.5) is 0 Å². The molecule has 3 N–H and O–H groups in total. The standard InChI is InChI=1S/C10H10N2O2/c13-10(14)9-6-8(11-12-9)7-4-2-1-3-5-7/h1-6,10,13-14H,(H,11,12). The van der Waals surface area contributed by atoms with E-state index in [1.165, 1.54) is 0 Å². The van der Waals surface area contributed by atoms with E-state index in [0.717, 1.165) is 5.56 Å². The van der Waals surface area contributed by atoms with Crippen molar-refractivity contribution in [3.05, 3.63) is 42.1 Å². The Kier molecular flexibility index (Phi) is 2.30. The highest BCUT2D eigenvalue weighted by molar-refractivity contribution is 5.58. The summed E-state index contributed by atoms with van der Waals surface area (Å²) in [7, 11) is 0. The number of benzene rings is 1. The molecule has 0 radical (unpaired) electrons. The molecule has 2 rings (SSSR count). The van der Waals surface area contributed by atoms with Crippen molar-refractivity contribution < 1.29 is 10.2 Å². The van der Waals surface area contributed by atoms with E-state index in [0.29, 0.717) is 11.4 Å². The third kappa shape index (κ3) is 1.66. The lowest BCUT2D eigenvalue weighted by Gasteiger charge is -1.95. The van der Waals surface area contributed by atoms with Crippen molar-refractivity contribution in [2.24, 2.45) is 0 Å². The minimum Gasteiger partial charge on any atom is -0.363 e. The maximum Gasteiger partial charge on any atom is 0.195 e. The molecule has 0 atom stereocenters. The van der Waals surface area contributed by atoms with Crippen LogP contribution in [0.1, 0.15) is 12.0 Å². The van der Waals surface area contributed by atoms with Crippen LogP contribution in [-0.2, 0) is 0 Å². The van der Waals surface area contributed by atoms with Crippen LogP contribution in [0.5, 0.6) is 0 Å². The van der Waals surface area contributed by atoms with Crippen LogP contribution in [0.2, 0.25) is 0 Å². The lowest BCUT2D eigenvalue weighted by molar-refractivity contribution is -0.0458. The van der Waals surface area contributed by atoms with Gasteiger partial charge in [-0.1, -0.05) is 30.3 Å². The molecule has 1 aromatic carbocycles. The Morgan fingerprint density at radius 2 is 1.86 bits per heavy atom. The number of aromatic nitrogens is 2. The average molecular weight is 190 g/mol. The van der Waals surface area contributed by atoms with Crippen molar-refractivity contribution in [2.45, 2.75) is 6.29 Å². The van der Waals surface area contributed by atoms with Gasteiger partial charge in [-0.05, 0) is 6.07 Å². The van der Waals surface area contributed by atoms with Gasteiger partial charge in [-0.15, -0.1) is 0 Å². The molecular formula is C10H10N2O2. The molecular weight excluding hydrogens is 180 g/mol. The molecule has 0 aliphatic heterocycles. The van der Waals surface area contributed by atoms with Crippen molar-refractivity contribution in [2.75, 3.05) is 0 Å². The van der Waals surface area contributed by atoms with Gasteiger partial charge in [-0.25, -0.2) is 0 Å². The topological polar surface area (TPSA) is 69.1 Å². The van der Waals surface area contributed by atoms with E-state index in [1.807, 2.05) is 30.3 Å². The van der Waals surface area contributed by atoms with Gasteiger partial charge in [0, 0.05) is 5.56 Å². The first-order valence-electron chi connectivity index (χ1n) is 4.24. The summed E-state index contributed by atoms with van der Waals surface area (Å²) >= 11 is 0. The number of hydrogen-bond acceptors (Lipinski definition) is 3. The SMILES string of the molecule is OC(O)c1cc(-c2ccccc2)n[nH]1. The van der Waals surface area contributed by atoms with Gasteiger partial charge in [0.15, 0.2) is 6.29 Å². The van der Waals surface area contributed by atoms with Crippen molar-refractivity contribution in [3.8, 4) is 11.3 Å². The molecule has 14 heavy (non-hydrogen) atoms. The molecule has 4 heteroatoms. The second-order valence-electron chi connectivity index (χ2n) is 2.95. The van der Waals surface area contributed by atoms with Gasteiger partial charge >= 0.3 is 0 Å². The molecule has 4 nitrogen and oxygen atoms in total. The first kappa shape index (κ1) is 8.93. The summed E-state index contributed by atoms with van der Waals surface area (Å²) in [5, 5.41) is 24.3. The van der Waals surface area contributed by atoms with E-state index in [-0.39, 0.29) is 0 Å². The zero-order chi connectivity index (χ0) is 9.97. The second kappa shape index (κ2) is 3.61. The zero-order valence-electron chi connectivity index (χ0n) is 7.38. The summed E-state index contributed by atoms with van der Waals surface area (Å²) in [4.78, 5) is 0. The van der Waals surface area contributed by atoms with E-state index in [9.17, 15) is 0 Å². The van der Waals surface area contributed by atoms with Gasteiger partial charge in [0.25, 0.3) is 0 Å². The van der Waals surface area contributed by atoms with Crippen LogP contribution in [0.3, 0.4) is 0 Å². The third-order valence-corrected chi connectivity index (χ3v) is 1.95. The minimum atomic E-state index is -1.50. The van der Waals surface area contributed by atoms with E-state index >= 15 is 0 Å². The fraction of sp³-hybridized carbons (Fsp3) is 0.100. The van der Waals surface area contributed by atoms with Crippen LogP contribution in [0, 0.1) is 0 Å². The van der Waals surface area contributed by atoms with Crippen molar-refractivity contribution in [1.29, 1.82) is 0 Å². The van der Waals surface area contributed by atoms with Crippen LogP contribution in [-0.4, -0.2) is 20.4 Å². The first-order chi connectivity index (χ1) is 6.77. The molecule has 0 fully saturated rings. The molecule has 1 aromatic heterocycles. The summed E-state index contributed by atoms with van der Waals surface area (Å²) in [5.74, 6) is 0. The largest absolute Gasteiger partial charge is 0.363 e. The van der Waals surface area contributed by atoms with Crippen LogP contribution in [0.15, 0.2) is 36.4 Å². The van der Waals surface area contributed by atoms with Gasteiger partial charge in [0.2, 0.25) is 0 Å².